The number of nitrogens with zero attached hydrogens (tertiary/aromatic N) is 2. The Hall–Kier alpha value is -1.11. The highest BCUT2D eigenvalue weighted by Crippen LogP contribution is 2.38. The quantitative estimate of drug-likeness (QED) is 0.658. The number of carbonyl (C=O) groups is 1. The maximum absolute atomic E-state index is 11.8. The average molecular weight is 212 g/mol. The SMILES string of the molecule is O=C(NCCO)[N+]12C=CSC1=CN=C2. The summed E-state index contributed by atoms with van der Waals surface area (Å²) in [6.07, 6.45) is 5.00. The summed E-state index contributed by atoms with van der Waals surface area (Å²) in [5, 5.41) is 13.9. The van der Waals surface area contributed by atoms with E-state index in [0.717, 1.165) is 5.03 Å². The summed E-state index contributed by atoms with van der Waals surface area (Å²) in [6, 6.07) is -0.187. The van der Waals surface area contributed by atoms with Gasteiger partial charge in [-0.1, -0.05) is 0 Å². The first kappa shape index (κ1) is 9.45. The maximum Gasteiger partial charge on any atom is 0.432 e. The Morgan fingerprint density at radius 1 is 1.71 bits per heavy atom. The minimum atomic E-state index is -0.187. The van der Waals surface area contributed by atoms with Crippen molar-refractivity contribution in [3.8, 4) is 0 Å². The number of fused-ring (bicyclic) bond motifs is 1. The molecule has 14 heavy (non-hydrogen) atoms. The van der Waals surface area contributed by atoms with Crippen LogP contribution in [0.2, 0.25) is 0 Å². The minimum Gasteiger partial charge on any atom is -0.395 e. The average Bonchev–Trinajstić information content (AvgIpc) is 2.72. The van der Waals surface area contributed by atoms with E-state index < -0.39 is 0 Å². The number of aliphatic imine (C=N–C) groups is 1. The van der Waals surface area contributed by atoms with Crippen LogP contribution >= 0.6 is 11.8 Å². The number of thioether (sulfide) groups is 1. The lowest BCUT2D eigenvalue weighted by atomic mass is 10.5. The van der Waals surface area contributed by atoms with E-state index in [0.29, 0.717) is 0 Å². The summed E-state index contributed by atoms with van der Waals surface area (Å²) in [6.45, 7) is 0.206. The van der Waals surface area contributed by atoms with Crippen LogP contribution in [0.4, 0.5) is 4.79 Å². The number of rotatable bonds is 2. The molecule has 5 nitrogen and oxygen atoms in total. The van der Waals surface area contributed by atoms with Crippen LogP contribution in [0, 0.1) is 0 Å². The molecule has 2 amide bonds. The Morgan fingerprint density at radius 2 is 2.57 bits per heavy atom. The van der Waals surface area contributed by atoms with Crippen molar-refractivity contribution in [1.29, 1.82) is 0 Å². The highest BCUT2D eigenvalue weighted by atomic mass is 32.2. The van der Waals surface area contributed by atoms with E-state index in [-0.39, 0.29) is 23.7 Å². The van der Waals surface area contributed by atoms with E-state index in [1.54, 1.807) is 18.7 Å². The van der Waals surface area contributed by atoms with Crippen LogP contribution < -0.4 is 5.32 Å². The molecule has 2 N–H and O–H groups in total. The highest BCUT2D eigenvalue weighted by Gasteiger charge is 2.44. The zero-order chi connectivity index (χ0) is 10.0. The largest absolute Gasteiger partial charge is 0.432 e. The van der Waals surface area contributed by atoms with Crippen molar-refractivity contribution in [2.45, 2.75) is 0 Å². The summed E-state index contributed by atoms with van der Waals surface area (Å²) in [7, 11) is 0. The second kappa shape index (κ2) is 3.56. The van der Waals surface area contributed by atoms with E-state index in [9.17, 15) is 4.79 Å². The molecule has 1 unspecified atom stereocenters. The van der Waals surface area contributed by atoms with Crippen molar-refractivity contribution in [3.63, 3.8) is 0 Å². The van der Waals surface area contributed by atoms with Crippen molar-refractivity contribution < 1.29 is 14.4 Å². The van der Waals surface area contributed by atoms with E-state index in [1.807, 2.05) is 5.41 Å². The number of nitrogens with one attached hydrogen (secondary N) is 1. The molecule has 0 aromatic rings. The summed E-state index contributed by atoms with van der Waals surface area (Å²) < 4.78 is 0.00463. The fourth-order valence-electron chi connectivity index (χ4n) is 1.29. The van der Waals surface area contributed by atoms with Gasteiger partial charge in [-0.05, 0) is 11.8 Å². The van der Waals surface area contributed by atoms with Gasteiger partial charge in [0.05, 0.1) is 6.61 Å². The molecular formula is C8H10N3O2S+. The maximum atomic E-state index is 11.8. The molecule has 0 saturated carbocycles. The first-order valence-corrected chi connectivity index (χ1v) is 5.05. The van der Waals surface area contributed by atoms with E-state index in [2.05, 4.69) is 10.3 Å². The lowest BCUT2D eigenvalue weighted by Crippen LogP contribution is -2.49. The third kappa shape index (κ3) is 1.28. The molecule has 0 aliphatic carbocycles. The zero-order valence-electron chi connectivity index (χ0n) is 7.38. The predicted molar refractivity (Wildman–Crippen MR) is 54.1 cm³/mol. The molecule has 74 valence electrons. The number of urea groups is 1. The molecule has 2 heterocycles. The van der Waals surface area contributed by atoms with Gasteiger partial charge in [0.1, 0.15) is 12.4 Å². The van der Waals surface area contributed by atoms with E-state index in [1.165, 1.54) is 11.8 Å². The minimum absolute atomic E-state index is 0.00463. The lowest BCUT2D eigenvalue weighted by Gasteiger charge is -2.19. The fourth-order valence-corrected chi connectivity index (χ4v) is 2.17. The number of quaternary nitrogens is 1. The van der Waals surface area contributed by atoms with Gasteiger partial charge in [-0.3, -0.25) is 0 Å². The van der Waals surface area contributed by atoms with Crippen molar-refractivity contribution in [3.05, 3.63) is 22.8 Å². The highest BCUT2D eigenvalue weighted by molar-refractivity contribution is 8.05. The van der Waals surface area contributed by atoms with Gasteiger partial charge in [-0.2, -0.15) is 0 Å². The number of aliphatic hydroxyl groups is 1. The number of aliphatic hydroxyl groups excluding tert-OH is 1. The molecule has 2 rings (SSSR count). The Bertz CT molecular complexity index is 350. The predicted octanol–water partition coefficient (Wildman–Crippen LogP) is 0.564. The van der Waals surface area contributed by atoms with Gasteiger partial charge in [-0.15, -0.1) is 4.48 Å². The van der Waals surface area contributed by atoms with Gasteiger partial charge in [0.15, 0.2) is 0 Å². The van der Waals surface area contributed by atoms with Crippen LogP contribution in [0.1, 0.15) is 0 Å². The summed E-state index contributed by atoms with van der Waals surface area (Å²) in [5.41, 5.74) is 0. The molecule has 2 aliphatic rings. The second-order valence-electron chi connectivity index (χ2n) is 2.87. The Labute approximate surface area is 85.4 Å². The van der Waals surface area contributed by atoms with Gasteiger partial charge in [0.25, 0.3) is 0 Å². The summed E-state index contributed by atoms with van der Waals surface area (Å²) >= 11 is 1.48. The van der Waals surface area contributed by atoms with Crippen molar-refractivity contribution in [2.24, 2.45) is 4.99 Å². The molecule has 1 atom stereocenters. The van der Waals surface area contributed by atoms with Crippen LogP contribution in [-0.2, 0) is 0 Å². The van der Waals surface area contributed by atoms with Gasteiger partial charge < -0.3 is 10.4 Å². The topological polar surface area (TPSA) is 61.7 Å². The Balaban J connectivity index is 2.16. The first-order valence-electron chi connectivity index (χ1n) is 4.17. The Morgan fingerprint density at radius 3 is 3.36 bits per heavy atom. The van der Waals surface area contributed by atoms with Crippen LogP contribution in [0.15, 0.2) is 27.8 Å². The third-order valence-electron chi connectivity index (χ3n) is 2.01. The number of amides is 2. The normalized spacial score (nSPS) is 27.6. The van der Waals surface area contributed by atoms with Crippen molar-refractivity contribution in [1.82, 2.24) is 5.32 Å². The number of carbonyl (C=O) groups excluding carboxylic acids is 1. The van der Waals surface area contributed by atoms with E-state index in [4.69, 9.17) is 5.11 Å². The van der Waals surface area contributed by atoms with Crippen LogP contribution in [0.3, 0.4) is 0 Å². The number of hydrogen-bond acceptors (Lipinski definition) is 4. The van der Waals surface area contributed by atoms with Gasteiger partial charge in [-0.25, -0.2) is 9.79 Å². The molecule has 0 aromatic carbocycles. The molecule has 0 spiro atoms. The van der Waals surface area contributed by atoms with Crippen LogP contribution in [0.5, 0.6) is 0 Å². The molecule has 0 saturated heterocycles. The van der Waals surface area contributed by atoms with Crippen molar-refractivity contribution >= 4 is 24.1 Å². The van der Waals surface area contributed by atoms with Crippen LogP contribution in [-0.4, -0.2) is 35.1 Å². The molecule has 0 bridgehead atoms. The number of hydrogen-bond donors (Lipinski definition) is 2. The van der Waals surface area contributed by atoms with Crippen molar-refractivity contribution in [2.75, 3.05) is 13.2 Å². The lowest BCUT2D eigenvalue weighted by molar-refractivity contribution is -0.632. The smallest absolute Gasteiger partial charge is 0.395 e. The standard InChI is InChI=1S/C8H9N3O2S/c12-3-1-10-8(13)11-2-4-14-7(11)5-9-6-11/h2,4-6,12H,1,3H2/p+1. The molecule has 0 radical (unpaired) electrons. The van der Waals surface area contributed by atoms with E-state index >= 15 is 0 Å². The third-order valence-corrected chi connectivity index (χ3v) is 2.91. The van der Waals surface area contributed by atoms with Gasteiger partial charge in [0, 0.05) is 12.0 Å². The summed E-state index contributed by atoms with van der Waals surface area (Å²) in [4.78, 5) is 15.7. The Kier molecular flexibility index (Phi) is 2.40. The molecule has 2 aliphatic heterocycles. The van der Waals surface area contributed by atoms with Gasteiger partial charge in [0.2, 0.25) is 11.4 Å². The monoisotopic (exact) mass is 212 g/mol. The fraction of sp³-hybridized carbons (Fsp3) is 0.250. The molecule has 0 aromatic heterocycles. The second-order valence-corrected chi connectivity index (χ2v) is 3.79. The molecule has 6 heteroatoms. The zero-order valence-corrected chi connectivity index (χ0v) is 8.20. The summed E-state index contributed by atoms with van der Waals surface area (Å²) in [5.74, 6) is 0. The molecule has 0 fully saturated rings. The molecular weight excluding hydrogens is 202 g/mol. The first-order chi connectivity index (χ1) is 6.79. The van der Waals surface area contributed by atoms with Crippen LogP contribution in [0.25, 0.3) is 0 Å². The van der Waals surface area contributed by atoms with Gasteiger partial charge >= 0.3 is 6.03 Å².